The van der Waals surface area contributed by atoms with E-state index in [4.69, 9.17) is 27.2 Å². The number of carbonyl (C=O) groups is 2. The Morgan fingerprint density at radius 3 is 2.52 bits per heavy atom. The Bertz CT molecular complexity index is 1140. The van der Waals surface area contributed by atoms with Crippen molar-refractivity contribution >= 4 is 68.0 Å². The number of hydrogen-bond acceptors (Lipinski definition) is 8. The zero-order valence-electron chi connectivity index (χ0n) is 16.9. The second-order valence-electron chi connectivity index (χ2n) is 7.15. The van der Waals surface area contributed by atoms with Gasteiger partial charge in [-0.05, 0) is 12.8 Å². The van der Waals surface area contributed by atoms with Crippen LogP contribution in [0.1, 0.15) is 36.0 Å². The number of aliphatic carboxylic acids is 1. The van der Waals surface area contributed by atoms with Crippen LogP contribution in [-0.2, 0) is 4.79 Å². The largest absolute Gasteiger partial charge is 0.490 e. The molecule has 0 saturated heterocycles. The zero-order chi connectivity index (χ0) is 24.2. The summed E-state index contributed by atoms with van der Waals surface area (Å²) in [6.07, 6.45) is 0.992. The number of anilines is 2. The minimum atomic E-state index is -5.08. The lowest BCUT2D eigenvalue weighted by Gasteiger charge is -2.29. The zero-order valence-corrected chi connectivity index (χ0v) is 19.2. The number of fused-ring (bicyclic) bond motifs is 1. The third-order valence-electron chi connectivity index (χ3n) is 4.79. The molecule has 1 amide bonds. The molecule has 0 bridgehead atoms. The highest BCUT2D eigenvalue weighted by Crippen LogP contribution is 2.29. The van der Waals surface area contributed by atoms with Gasteiger partial charge in [0.15, 0.2) is 0 Å². The normalized spacial score (nSPS) is 18.3. The van der Waals surface area contributed by atoms with Gasteiger partial charge in [0, 0.05) is 28.2 Å². The Kier molecular flexibility index (Phi) is 8.10. The molecular formula is C19H19ClF3N5O3S2. The average molecular weight is 522 g/mol. The lowest BCUT2D eigenvalue weighted by molar-refractivity contribution is -0.192. The van der Waals surface area contributed by atoms with Gasteiger partial charge in [0.25, 0.3) is 5.91 Å². The fraction of sp³-hybridized carbons (Fsp3) is 0.368. The van der Waals surface area contributed by atoms with Gasteiger partial charge < -0.3 is 21.5 Å². The smallest absolute Gasteiger partial charge is 0.475 e. The maximum absolute atomic E-state index is 12.6. The highest BCUT2D eigenvalue weighted by molar-refractivity contribution is 7.17. The molecule has 33 heavy (non-hydrogen) atoms. The Morgan fingerprint density at radius 1 is 1.21 bits per heavy atom. The van der Waals surface area contributed by atoms with Gasteiger partial charge in [-0.15, -0.1) is 22.7 Å². The van der Waals surface area contributed by atoms with E-state index in [0.29, 0.717) is 27.6 Å². The fourth-order valence-electron chi connectivity index (χ4n) is 3.13. The molecule has 8 nitrogen and oxygen atoms in total. The maximum Gasteiger partial charge on any atom is 0.490 e. The minimum Gasteiger partial charge on any atom is -0.475 e. The molecule has 3 aromatic rings. The van der Waals surface area contributed by atoms with Crippen LogP contribution < -0.4 is 16.4 Å². The van der Waals surface area contributed by atoms with Gasteiger partial charge in [-0.2, -0.15) is 13.2 Å². The summed E-state index contributed by atoms with van der Waals surface area (Å²) in [5.41, 5.74) is 7.90. The summed E-state index contributed by atoms with van der Waals surface area (Å²) < 4.78 is 31.7. The maximum atomic E-state index is 12.6. The molecule has 14 heteroatoms. The second kappa shape index (κ2) is 10.6. The standard InChI is InChI=1S/C17H18ClN5OS2.C2HF3O2/c18-10-7-25-8-13(10)22-16(24)9-6-26-17-15(9)23-14(5-20-17)21-12-4-2-1-3-11(12)19;3-2(4,5)1(6)7/h5-8,11-12H,1-4,19H2,(H,21,23)(H,22,24);(H,6,7)/t11-,12+;/m0./s1. The molecule has 178 valence electrons. The molecule has 0 aromatic carbocycles. The Hall–Kier alpha value is -2.48. The van der Waals surface area contributed by atoms with Gasteiger partial charge in [-0.1, -0.05) is 24.4 Å². The molecule has 0 spiro atoms. The lowest BCUT2D eigenvalue weighted by Crippen LogP contribution is -2.42. The van der Waals surface area contributed by atoms with Crippen LogP contribution in [0.25, 0.3) is 10.3 Å². The van der Waals surface area contributed by atoms with E-state index in [0.717, 1.165) is 24.1 Å². The van der Waals surface area contributed by atoms with Crippen LogP contribution in [-0.4, -0.2) is 45.2 Å². The van der Waals surface area contributed by atoms with Crippen LogP contribution in [0.15, 0.2) is 22.3 Å². The molecule has 1 aliphatic rings. The second-order valence-corrected chi connectivity index (χ2v) is 9.16. The highest BCUT2D eigenvalue weighted by Gasteiger charge is 2.38. The number of carboxylic acids is 1. The van der Waals surface area contributed by atoms with E-state index in [-0.39, 0.29) is 18.0 Å². The molecule has 0 radical (unpaired) electrons. The number of thiophene rings is 2. The number of aromatic nitrogens is 2. The van der Waals surface area contributed by atoms with Gasteiger partial charge >= 0.3 is 12.1 Å². The number of hydrogen-bond donors (Lipinski definition) is 4. The summed E-state index contributed by atoms with van der Waals surface area (Å²) in [4.78, 5) is 31.3. The first-order chi connectivity index (χ1) is 15.6. The van der Waals surface area contributed by atoms with Crippen molar-refractivity contribution in [3.05, 3.63) is 32.9 Å². The van der Waals surface area contributed by atoms with Gasteiger partial charge in [-0.3, -0.25) is 4.79 Å². The molecule has 1 aliphatic carbocycles. The summed E-state index contributed by atoms with van der Waals surface area (Å²) in [5.74, 6) is -2.34. The van der Waals surface area contributed by atoms with Crippen LogP contribution in [0.5, 0.6) is 0 Å². The summed E-state index contributed by atoms with van der Waals surface area (Å²) >= 11 is 8.89. The number of nitrogens with two attached hydrogens (primary N) is 1. The SMILES string of the molecule is N[C@H]1CCCC[C@H]1Nc1cnc2scc(C(=O)Nc3cscc3Cl)c2n1.O=C(O)C(F)(F)F. The van der Waals surface area contributed by atoms with E-state index in [1.165, 1.54) is 29.1 Å². The van der Waals surface area contributed by atoms with E-state index in [2.05, 4.69) is 20.6 Å². The van der Waals surface area contributed by atoms with Gasteiger partial charge in [-0.25, -0.2) is 14.8 Å². The number of carbonyl (C=O) groups excluding carboxylic acids is 1. The van der Waals surface area contributed by atoms with Crippen molar-refractivity contribution in [2.24, 2.45) is 5.73 Å². The Morgan fingerprint density at radius 2 is 1.91 bits per heavy atom. The number of amides is 1. The van der Waals surface area contributed by atoms with Crippen molar-refractivity contribution in [1.82, 2.24) is 9.97 Å². The van der Waals surface area contributed by atoms with Gasteiger partial charge in [0.1, 0.15) is 16.2 Å². The third kappa shape index (κ3) is 6.53. The van der Waals surface area contributed by atoms with Crippen LogP contribution >= 0.6 is 34.3 Å². The number of nitrogens with zero attached hydrogens (tertiary/aromatic N) is 2. The van der Waals surface area contributed by atoms with E-state index in [1.807, 2.05) is 0 Å². The van der Waals surface area contributed by atoms with Crippen molar-refractivity contribution in [1.29, 1.82) is 0 Å². The first-order valence-electron chi connectivity index (χ1n) is 9.65. The average Bonchev–Trinajstić information content (AvgIpc) is 3.35. The fourth-order valence-corrected chi connectivity index (χ4v) is 4.92. The first kappa shape index (κ1) is 25.1. The topological polar surface area (TPSA) is 130 Å². The molecule has 4 rings (SSSR count). The van der Waals surface area contributed by atoms with Gasteiger partial charge in [0.2, 0.25) is 0 Å². The number of halogens is 4. The van der Waals surface area contributed by atoms with E-state index in [1.54, 1.807) is 22.3 Å². The predicted molar refractivity (Wildman–Crippen MR) is 122 cm³/mol. The third-order valence-corrected chi connectivity index (χ3v) is 6.85. The van der Waals surface area contributed by atoms with E-state index >= 15 is 0 Å². The van der Waals surface area contributed by atoms with Crippen molar-refractivity contribution in [3.8, 4) is 0 Å². The number of carboxylic acid groups (broad SMARTS) is 1. The van der Waals surface area contributed by atoms with E-state index in [9.17, 15) is 18.0 Å². The highest BCUT2D eigenvalue weighted by atomic mass is 35.5. The molecule has 1 saturated carbocycles. The summed E-state index contributed by atoms with van der Waals surface area (Å²) in [7, 11) is 0. The minimum absolute atomic E-state index is 0.118. The number of rotatable bonds is 4. The van der Waals surface area contributed by atoms with Crippen molar-refractivity contribution in [2.75, 3.05) is 10.6 Å². The molecule has 0 aliphatic heterocycles. The molecule has 0 unspecified atom stereocenters. The molecular weight excluding hydrogens is 503 g/mol. The van der Waals surface area contributed by atoms with E-state index < -0.39 is 12.1 Å². The summed E-state index contributed by atoms with van der Waals surface area (Å²) in [5, 5.41) is 19.2. The predicted octanol–water partition coefficient (Wildman–Crippen LogP) is 4.97. The Balaban J connectivity index is 0.000000383. The molecule has 1 fully saturated rings. The van der Waals surface area contributed by atoms with Crippen molar-refractivity contribution in [3.63, 3.8) is 0 Å². The molecule has 3 aromatic heterocycles. The summed E-state index contributed by atoms with van der Waals surface area (Å²) in [6, 6.07) is 0.309. The Labute approximate surface area is 199 Å². The van der Waals surface area contributed by atoms with Crippen LogP contribution in [0.2, 0.25) is 5.02 Å². The van der Waals surface area contributed by atoms with Crippen molar-refractivity contribution in [2.45, 2.75) is 43.9 Å². The molecule has 3 heterocycles. The quantitative estimate of drug-likeness (QED) is 0.381. The van der Waals surface area contributed by atoms with Gasteiger partial charge in [0.05, 0.1) is 22.5 Å². The first-order valence-corrected chi connectivity index (χ1v) is 11.9. The molecule has 2 atom stereocenters. The molecule has 5 N–H and O–H groups in total. The van der Waals surface area contributed by atoms with Crippen LogP contribution in [0, 0.1) is 0 Å². The monoisotopic (exact) mass is 521 g/mol. The van der Waals surface area contributed by atoms with Crippen molar-refractivity contribution < 1.29 is 27.9 Å². The number of nitrogens with one attached hydrogen (secondary N) is 2. The van der Waals surface area contributed by atoms with Crippen LogP contribution in [0.3, 0.4) is 0 Å². The van der Waals surface area contributed by atoms with Crippen LogP contribution in [0.4, 0.5) is 24.7 Å². The lowest BCUT2D eigenvalue weighted by atomic mass is 9.91. The summed E-state index contributed by atoms with van der Waals surface area (Å²) in [6.45, 7) is 0. The number of alkyl halides is 3.